The molecule has 9 heteroatoms. The van der Waals surface area contributed by atoms with Gasteiger partial charge in [-0.25, -0.2) is 9.18 Å². The number of hydrogen-bond acceptors (Lipinski definition) is 3. The Bertz CT molecular complexity index is 1040. The van der Waals surface area contributed by atoms with Crippen LogP contribution in [0.25, 0.3) is 10.9 Å². The molecule has 2 unspecified atom stereocenters. The van der Waals surface area contributed by atoms with Crippen molar-refractivity contribution < 1.29 is 32.2 Å². The first-order chi connectivity index (χ1) is 12.8. The molecule has 2 aromatic carbocycles. The van der Waals surface area contributed by atoms with Gasteiger partial charge in [-0.2, -0.15) is 18.3 Å². The van der Waals surface area contributed by atoms with E-state index in [9.17, 15) is 22.4 Å². The zero-order valence-electron chi connectivity index (χ0n) is 13.6. The maximum Gasteiger partial charge on any atom is 0.416 e. The summed E-state index contributed by atoms with van der Waals surface area (Å²) in [6.45, 7) is -0.102. The Kier molecular flexibility index (Phi) is 3.92. The van der Waals surface area contributed by atoms with Gasteiger partial charge in [0, 0.05) is 10.9 Å². The van der Waals surface area contributed by atoms with Crippen molar-refractivity contribution in [1.29, 1.82) is 0 Å². The maximum absolute atomic E-state index is 14.0. The molecule has 1 saturated heterocycles. The summed E-state index contributed by atoms with van der Waals surface area (Å²) >= 11 is 0. The number of epoxide rings is 1. The Morgan fingerprint density at radius 3 is 2.59 bits per heavy atom. The summed E-state index contributed by atoms with van der Waals surface area (Å²) in [7, 11) is 0. The second-order valence-corrected chi connectivity index (χ2v) is 6.18. The van der Waals surface area contributed by atoms with Gasteiger partial charge in [-0.3, -0.25) is 4.68 Å². The SMILES string of the molecule is O=C(O)C1OC1c1nn(Cc2ccccc2F)c2cc(C(F)(F)F)ccc12. The predicted molar refractivity (Wildman–Crippen MR) is 85.5 cm³/mol. The maximum atomic E-state index is 14.0. The second kappa shape index (κ2) is 6.05. The lowest BCUT2D eigenvalue weighted by molar-refractivity contribution is -0.138. The van der Waals surface area contributed by atoms with Crippen LogP contribution in [-0.4, -0.2) is 27.0 Å². The number of ether oxygens (including phenoxy) is 1. The number of carboxylic acid groups (broad SMARTS) is 1. The van der Waals surface area contributed by atoms with Crippen LogP contribution in [0, 0.1) is 5.82 Å². The van der Waals surface area contributed by atoms with Crippen molar-refractivity contribution in [2.75, 3.05) is 0 Å². The minimum absolute atomic E-state index is 0.102. The van der Waals surface area contributed by atoms with E-state index in [0.29, 0.717) is 5.39 Å². The van der Waals surface area contributed by atoms with Gasteiger partial charge in [0.15, 0.2) is 6.10 Å². The number of carboxylic acids is 1. The van der Waals surface area contributed by atoms with E-state index in [2.05, 4.69) is 5.10 Å². The molecule has 0 aliphatic carbocycles. The van der Waals surface area contributed by atoms with E-state index in [1.807, 2.05) is 0 Å². The Morgan fingerprint density at radius 2 is 1.96 bits per heavy atom. The van der Waals surface area contributed by atoms with Gasteiger partial charge in [-0.05, 0) is 18.2 Å². The van der Waals surface area contributed by atoms with Crippen molar-refractivity contribution in [3.8, 4) is 0 Å². The monoisotopic (exact) mass is 380 g/mol. The summed E-state index contributed by atoms with van der Waals surface area (Å²) in [5, 5.41) is 13.6. The van der Waals surface area contributed by atoms with Gasteiger partial charge >= 0.3 is 12.1 Å². The quantitative estimate of drug-likeness (QED) is 0.553. The molecule has 27 heavy (non-hydrogen) atoms. The van der Waals surface area contributed by atoms with Crippen LogP contribution in [0.5, 0.6) is 0 Å². The molecule has 5 nitrogen and oxygen atoms in total. The predicted octanol–water partition coefficient (Wildman–Crippen LogP) is 3.77. The van der Waals surface area contributed by atoms with Crippen molar-refractivity contribution in [2.45, 2.75) is 24.9 Å². The van der Waals surface area contributed by atoms with Crippen LogP contribution < -0.4 is 0 Å². The molecule has 4 rings (SSSR count). The lowest BCUT2D eigenvalue weighted by Crippen LogP contribution is -2.07. The van der Waals surface area contributed by atoms with Crippen LogP contribution in [0.1, 0.15) is 22.9 Å². The summed E-state index contributed by atoms with van der Waals surface area (Å²) in [6, 6.07) is 8.92. The average molecular weight is 380 g/mol. The van der Waals surface area contributed by atoms with E-state index >= 15 is 0 Å². The zero-order valence-corrected chi connectivity index (χ0v) is 13.6. The number of alkyl halides is 3. The molecule has 0 saturated carbocycles. The normalized spacial score (nSPS) is 19.4. The fourth-order valence-electron chi connectivity index (χ4n) is 3.00. The van der Waals surface area contributed by atoms with Crippen LogP contribution in [0.3, 0.4) is 0 Å². The highest BCUT2D eigenvalue weighted by atomic mass is 19.4. The van der Waals surface area contributed by atoms with Gasteiger partial charge < -0.3 is 9.84 Å². The summed E-state index contributed by atoms with van der Waals surface area (Å²) in [5.41, 5.74) is -0.273. The molecule has 1 aliphatic rings. The number of fused-ring (bicyclic) bond motifs is 1. The molecule has 3 aromatic rings. The summed E-state index contributed by atoms with van der Waals surface area (Å²) in [4.78, 5) is 11.1. The Balaban J connectivity index is 1.83. The van der Waals surface area contributed by atoms with Crippen LogP contribution in [0.4, 0.5) is 17.6 Å². The molecule has 1 aromatic heterocycles. The number of hydrogen-bond donors (Lipinski definition) is 1. The Hall–Kier alpha value is -2.94. The van der Waals surface area contributed by atoms with E-state index in [0.717, 1.165) is 12.1 Å². The van der Waals surface area contributed by atoms with E-state index in [-0.39, 0.29) is 23.3 Å². The van der Waals surface area contributed by atoms with Gasteiger partial charge in [0.05, 0.1) is 17.6 Å². The Labute approximate surface area is 149 Å². The minimum Gasteiger partial charge on any atom is -0.479 e. The number of nitrogens with zero attached hydrogens (tertiary/aromatic N) is 2. The molecule has 1 fully saturated rings. The number of benzene rings is 2. The summed E-state index contributed by atoms with van der Waals surface area (Å²) < 4.78 is 59.6. The number of carbonyl (C=O) groups is 1. The fourth-order valence-corrected chi connectivity index (χ4v) is 3.00. The van der Waals surface area contributed by atoms with Gasteiger partial charge in [0.2, 0.25) is 0 Å². The highest BCUT2D eigenvalue weighted by Crippen LogP contribution is 2.42. The smallest absolute Gasteiger partial charge is 0.416 e. The zero-order chi connectivity index (χ0) is 19.3. The first-order valence-electron chi connectivity index (χ1n) is 7.95. The first-order valence-corrected chi connectivity index (χ1v) is 7.95. The van der Waals surface area contributed by atoms with Crippen molar-refractivity contribution in [3.05, 3.63) is 65.1 Å². The number of rotatable bonds is 4. The fraction of sp³-hybridized carbons (Fsp3) is 0.222. The third-order valence-corrected chi connectivity index (χ3v) is 4.39. The van der Waals surface area contributed by atoms with E-state index in [1.54, 1.807) is 6.07 Å². The van der Waals surface area contributed by atoms with Crippen molar-refractivity contribution in [1.82, 2.24) is 9.78 Å². The summed E-state index contributed by atoms with van der Waals surface area (Å²) in [5.74, 6) is -1.69. The highest BCUT2D eigenvalue weighted by Gasteiger charge is 2.49. The van der Waals surface area contributed by atoms with Crippen LogP contribution in [-0.2, 0) is 22.3 Å². The minimum atomic E-state index is -4.55. The van der Waals surface area contributed by atoms with Gasteiger partial charge in [-0.15, -0.1) is 0 Å². The molecule has 2 atom stereocenters. The largest absolute Gasteiger partial charge is 0.479 e. The molecule has 0 amide bonds. The molecular formula is C18H12F4N2O3. The average Bonchev–Trinajstić information content (AvgIpc) is 3.33. The first kappa shape index (κ1) is 17.5. The highest BCUT2D eigenvalue weighted by molar-refractivity contribution is 5.85. The molecular weight excluding hydrogens is 368 g/mol. The van der Waals surface area contributed by atoms with E-state index < -0.39 is 35.7 Å². The molecule has 2 heterocycles. The van der Waals surface area contributed by atoms with Crippen molar-refractivity contribution >= 4 is 16.9 Å². The molecule has 1 aliphatic heterocycles. The number of halogens is 4. The lowest BCUT2D eigenvalue weighted by atomic mass is 10.1. The third-order valence-electron chi connectivity index (χ3n) is 4.39. The van der Waals surface area contributed by atoms with E-state index in [1.165, 1.54) is 28.9 Å². The molecule has 0 spiro atoms. The van der Waals surface area contributed by atoms with E-state index in [4.69, 9.17) is 9.84 Å². The van der Waals surface area contributed by atoms with Crippen LogP contribution in [0.2, 0.25) is 0 Å². The molecule has 140 valence electrons. The second-order valence-electron chi connectivity index (χ2n) is 6.18. The van der Waals surface area contributed by atoms with Crippen molar-refractivity contribution in [3.63, 3.8) is 0 Å². The van der Waals surface area contributed by atoms with Crippen LogP contribution in [0.15, 0.2) is 42.5 Å². The number of aliphatic carboxylic acids is 1. The molecule has 1 N–H and O–H groups in total. The summed E-state index contributed by atoms with van der Waals surface area (Å²) in [6.07, 6.45) is -6.49. The van der Waals surface area contributed by atoms with Crippen molar-refractivity contribution in [2.24, 2.45) is 0 Å². The molecule has 0 radical (unpaired) electrons. The topological polar surface area (TPSA) is 67.7 Å². The lowest BCUT2D eigenvalue weighted by Gasteiger charge is -2.08. The van der Waals surface area contributed by atoms with Crippen LogP contribution >= 0.6 is 0 Å². The Morgan fingerprint density at radius 1 is 1.22 bits per heavy atom. The van der Waals surface area contributed by atoms with Gasteiger partial charge in [-0.1, -0.05) is 24.3 Å². The molecule has 0 bridgehead atoms. The van der Waals surface area contributed by atoms with Gasteiger partial charge in [0.1, 0.15) is 17.6 Å². The van der Waals surface area contributed by atoms with Gasteiger partial charge in [0.25, 0.3) is 0 Å². The standard InChI is InChI=1S/C18H12F4N2O3/c19-12-4-2-1-3-9(12)8-24-13-7-10(18(20,21)22)5-6-11(13)14(23-24)15-16(27-15)17(25)26/h1-7,15-16H,8H2,(H,25,26). The number of aromatic nitrogens is 2. The third kappa shape index (κ3) is 3.14.